The summed E-state index contributed by atoms with van der Waals surface area (Å²) in [5, 5.41) is 0. The predicted octanol–water partition coefficient (Wildman–Crippen LogP) is 4.73. The van der Waals surface area contributed by atoms with E-state index in [1.807, 2.05) is 5.57 Å². The predicted molar refractivity (Wildman–Crippen MR) is 71.6 cm³/mol. The van der Waals surface area contributed by atoms with E-state index >= 15 is 0 Å². The van der Waals surface area contributed by atoms with Gasteiger partial charge in [-0.25, -0.2) is 0 Å². The van der Waals surface area contributed by atoms with Gasteiger partial charge in [0.05, 0.1) is 0 Å². The monoisotopic (exact) mass is 228 g/mol. The van der Waals surface area contributed by atoms with Gasteiger partial charge in [-0.15, -0.1) is 0 Å². The number of fused-ring (bicyclic) bond motifs is 5. The topological polar surface area (TPSA) is 0 Å². The maximum Gasteiger partial charge on any atom is -0.0136 e. The van der Waals surface area contributed by atoms with Gasteiger partial charge in [0.15, 0.2) is 0 Å². The lowest BCUT2D eigenvalue weighted by molar-refractivity contribution is 0.133. The van der Waals surface area contributed by atoms with E-state index in [9.17, 15) is 0 Å². The summed E-state index contributed by atoms with van der Waals surface area (Å²) in [6.07, 6.45) is 19.6. The second-order valence-corrected chi connectivity index (χ2v) is 6.74. The van der Waals surface area contributed by atoms with Crippen molar-refractivity contribution in [2.24, 2.45) is 29.6 Å². The van der Waals surface area contributed by atoms with Crippen LogP contribution >= 0.6 is 0 Å². The third kappa shape index (κ3) is 1.56. The van der Waals surface area contributed by atoms with E-state index in [0.29, 0.717) is 0 Å². The quantitative estimate of drug-likeness (QED) is 0.526. The Balaban J connectivity index is 1.66. The molecule has 2 fully saturated rings. The summed E-state index contributed by atoms with van der Waals surface area (Å²) in [4.78, 5) is 0. The molecule has 4 aliphatic carbocycles. The third-order valence-electron chi connectivity index (χ3n) is 6.08. The highest BCUT2D eigenvalue weighted by Crippen LogP contribution is 2.54. The number of allylic oxidation sites excluding steroid dienone is 4. The smallest absolute Gasteiger partial charge is 0.0136 e. The molecule has 0 radical (unpaired) electrons. The van der Waals surface area contributed by atoms with E-state index in [1.54, 1.807) is 0 Å². The molecule has 92 valence electrons. The Labute approximate surface area is 105 Å². The van der Waals surface area contributed by atoms with Crippen molar-refractivity contribution in [1.82, 2.24) is 0 Å². The first kappa shape index (κ1) is 10.4. The van der Waals surface area contributed by atoms with Gasteiger partial charge in [-0.1, -0.05) is 30.2 Å². The van der Waals surface area contributed by atoms with Gasteiger partial charge < -0.3 is 0 Å². The zero-order valence-electron chi connectivity index (χ0n) is 10.8. The maximum absolute atomic E-state index is 2.64. The molecule has 4 aliphatic rings. The molecule has 5 atom stereocenters. The molecule has 17 heavy (non-hydrogen) atoms. The lowest BCUT2D eigenvalue weighted by Crippen LogP contribution is -2.37. The molecule has 4 rings (SSSR count). The van der Waals surface area contributed by atoms with E-state index < -0.39 is 0 Å². The molecular formula is C17H24. The Morgan fingerprint density at radius 3 is 2.88 bits per heavy atom. The van der Waals surface area contributed by atoms with Crippen molar-refractivity contribution in [1.29, 1.82) is 0 Å². The Kier molecular flexibility index (Phi) is 2.45. The first-order valence-corrected chi connectivity index (χ1v) is 7.81. The van der Waals surface area contributed by atoms with Crippen LogP contribution in [0.4, 0.5) is 0 Å². The summed E-state index contributed by atoms with van der Waals surface area (Å²) in [6.45, 7) is 0. The van der Waals surface area contributed by atoms with Crippen LogP contribution < -0.4 is 0 Å². The van der Waals surface area contributed by atoms with E-state index in [2.05, 4.69) is 18.2 Å². The summed E-state index contributed by atoms with van der Waals surface area (Å²) in [7, 11) is 0. The van der Waals surface area contributed by atoms with Gasteiger partial charge >= 0.3 is 0 Å². The summed E-state index contributed by atoms with van der Waals surface area (Å²) < 4.78 is 0. The molecular weight excluding hydrogens is 204 g/mol. The molecule has 0 unspecified atom stereocenters. The summed E-state index contributed by atoms with van der Waals surface area (Å²) in [5.41, 5.74) is 1.83. The average molecular weight is 228 g/mol. The van der Waals surface area contributed by atoms with Crippen LogP contribution in [0.1, 0.15) is 51.4 Å². The van der Waals surface area contributed by atoms with Gasteiger partial charge in [0.2, 0.25) is 0 Å². The van der Waals surface area contributed by atoms with Crippen LogP contribution in [0.25, 0.3) is 0 Å². The van der Waals surface area contributed by atoms with Crippen molar-refractivity contribution in [3.8, 4) is 0 Å². The summed E-state index contributed by atoms with van der Waals surface area (Å²) in [6, 6.07) is 0. The molecule has 0 aliphatic heterocycles. The van der Waals surface area contributed by atoms with Crippen LogP contribution in [-0.4, -0.2) is 0 Å². The van der Waals surface area contributed by atoms with Gasteiger partial charge in [0, 0.05) is 0 Å². The molecule has 0 bridgehead atoms. The maximum atomic E-state index is 2.64. The van der Waals surface area contributed by atoms with Crippen molar-refractivity contribution < 1.29 is 0 Å². The minimum atomic E-state index is 0.926. The fraction of sp³-hybridized carbons (Fsp3) is 0.765. The number of rotatable bonds is 0. The molecule has 0 spiro atoms. The minimum Gasteiger partial charge on any atom is -0.0850 e. The van der Waals surface area contributed by atoms with Gasteiger partial charge in [0.1, 0.15) is 0 Å². The molecule has 0 aromatic rings. The highest BCUT2D eigenvalue weighted by molar-refractivity contribution is 5.21. The summed E-state index contributed by atoms with van der Waals surface area (Å²) in [5.74, 6) is 4.95. The van der Waals surface area contributed by atoms with Gasteiger partial charge in [-0.2, -0.15) is 0 Å². The SMILES string of the molecule is C1=C[C@@H]2CCC[C@H]2[C@@H]2CCC3=CCCC[C@@H]3[C@@H]12. The first-order valence-electron chi connectivity index (χ1n) is 7.81. The molecule has 0 saturated heterocycles. The Morgan fingerprint density at radius 1 is 0.882 bits per heavy atom. The fourth-order valence-corrected chi connectivity index (χ4v) is 5.35. The van der Waals surface area contributed by atoms with Crippen molar-refractivity contribution in [3.05, 3.63) is 23.8 Å². The molecule has 0 heterocycles. The Morgan fingerprint density at radius 2 is 1.88 bits per heavy atom. The van der Waals surface area contributed by atoms with Gasteiger partial charge in [0.25, 0.3) is 0 Å². The second-order valence-electron chi connectivity index (χ2n) is 6.74. The van der Waals surface area contributed by atoms with Crippen LogP contribution in [0, 0.1) is 29.6 Å². The standard InChI is InChI=1S/C17H24/c1-2-6-14-12(4-1)8-10-17-15-7-3-5-13(15)9-11-16(14)17/h4,9,11,13-17H,1-3,5-8,10H2/t13-,14-,15+,16+,17-/m0/s1. The van der Waals surface area contributed by atoms with Crippen LogP contribution in [0.15, 0.2) is 23.8 Å². The highest BCUT2D eigenvalue weighted by Gasteiger charge is 2.44. The zero-order valence-corrected chi connectivity index (χ0v) is 10.8. The molecule has 0 nitrogen and oxygen atoms in total. The Hall–Kier alpha value is -0.520. The molecule has 0 N–H and O–H groups in total. The molecule has 0 aromatic heterocycles. The van der Waals surface area contributed by atoms with Crippen molar-refractivity contribution in [2.75, 3.05) is 0 Å². The molecule has 0 heteroatoms. The minimum absolute atomic E-state index is 0.926. The van der Waals surface area contributed by atoms with E-state index in [0.717, 1.165) is 29.6 Å². The first-order chi connectivity index (χ1) is 8.43. The van der Waals surface area contributed by atoms with E-state index in [1.165, 1.54) is 51.4 Å². The fourth-order valence-electron chi connectivity index (χ4n) is 5.35. The second kappa shape index (κ2) is 4.00. The van der Waals surface area contributed by atoms with Gasteiger partial charge in [-0.3, -0.25) is 0 Å². The molecule has 2 saturated carbocycles. The lowest BCUT2D eigenvalue weighted by atomic mass is 9.59. The van der Waals surface area contributed by atoms with Gasteiger partial charge in [-0.05, 0) is 74.5 Å². The van der Waals surface area contributed by atoms with Crippen LogP contribution in [0.5, 0.6) is 0 Å². The van der Waals surface area contributed by atoms with Crippen molar-refractivity contribution in [2.45, 2.75) is 51.4 Å². The van der Waals surface area contributed by atoms with Crippen molar-refractivity contribution in [3.63, 3.8) is 0 Å². The largest absolute Gasteiger partial charge is 0.0850 e. The van der Waals surface area contributed by atoms with E-state index in [-0.39, 0.29) is 0 Å². The zero-order chi connectivity index (χ0) is 11.2. The lowest BCUT2D eigenvalue weighted by Gasteiger charge is -2.46. The van der Waals surface area contributed by atoms with Crippen LogP contribution in [0.3, 0.4) is 0 Å². The normalized spacial score (nSPS) is 48.0. The number of hydrogen-bond donors (Lipinski definition) is 0. The molecule has 0 amide bonds. The van der Waals surface area contributed by atoms with E-state index in [4.69, 9.17) is 0 Å². The third-order valence-corrected chi connectivity index (χ3v) is 6.08. The molecule has 0 aromatic carbocycles. The average Bonchev–Trinajstić information content (AvgIpc) is 2.86. The summed E-state index contributed by atoms with van der Waals surface area (Å²) >= 11 is 0. The highest BCUT2D eigenvalue weighted by atomic mass is 14.5. The van der Waals surface area contributed by atoms with Crippen LogP contribution in [0.2, 0.25) is 0 Å². The Bertz CT molecular complexity index is 362. The van der Waals surface area contributed by atoms with Crippen molar-refractivity contribution >= 4 is 0 Å². The number of hydrogen-bond acceptors (Lipinski definition) is 0. The van der Waals surface area contributed by atoms with Crippen LogP contribution in [-0.2, 0) is 0 Å².